The second-order valence-corrected chi connectivity index (χ2v) is 9.95. The molecule has 0 aromatic rings. The Morgan fingerprint density at radius 2 is 1.58 bits per heavy atom. The minimum Gasteiger partial charge on any atom is -0.313 e. The second kappa shape index (κ2) is 7.01. The van der Waals surface area contributed by atoms with Crippen molar-refractivity contribution in [2.75, 3.05) is 6.61 Å². The molecule has 0 amide bonds. The highest BCUT2D eigenvalue weighted by atomic mass is 16.9. The quantitative estimate of drug-likeness (QED) is 0.491. The van der Waals surface area contributed by atoms with Crippen LogP contribution in [0.5, 0.6) is 0 Å². The van der Waals surface area contributed by atoms with Crippen LogP contribution in [0.1, 0.15) is 87.0 Å². The zero-order chi connectivity index (χ0) is 18.8. The summed E-state index contributed by atoms with van der Waals surface area (Å²) in [7, 11) is 0. The molecular weight excluding hydrogens is 306 g/mol. The monoisotopic (exact) mass is 341 g/mol. The Bertz CT molecular complexity index is 463. The third-order valence-electron chi connectivity index (χ3n) is 5.08. The fraction of sp³-hybridized carbons (Fsp3) is 0.947. The summed E-state index contributed by atoms with van der Waals surface area (Å²) >= 11 is 0. The number of carbonyl (C=O) groups is 1. The minimum absolute atomic E-state index is 0.0619. The smallest absolute Gasteiger partial charge is 0.294 e. The molecular formula is C19H35NO4. The Morgan fingerprint density at radius 1 is 1.08 bits per heavy atom. The molecule has 0 radical (unpaired) electrons. The predicted octanol–water partition coefficient (Wildman–Crippen LogP) is 5.20. The first-order chi connectivity index (χ1) is 10.8. The molecule has 2 saturated carbocycles. The van der Waals surface area contributed by atoms with Crippen LogP contribution < -0.4 is 0 Å². The largest absolute Gasteiger partial charge is 0.313 e. The molecule has 2 rings (SSSR count). The Hall–Kier alpha value is -1.13. The molecule has 0 atom stereocenters. The molecule has 0 bridgehead atoms. The lowest BCUT2D eigenvalue weighted by Gasteiger charge is -2.24. The van der Waals surface area contributed by atoms with Crippen molar-refractivity contribution in [2.24, 2.45) is 21.7 Å². The molecule has 0 saturated heterocycles. The summed E-state index contributed by atoms with van der Waals surface area (Å²) in [4.78, 5) is 26.2. The highest BCUT2D eigenvalue weighted by molar-refractivity contribution is 5.91. The first-order valence-electron chi connectivity index (χ1n) is 9.08. The summed E-state index contributed by atoms with van der Waals surface area (Å²) in [6.07, 6.45) is 7.20. The van der Waals surface area contributed by atoms with E-state index in [0.717, 1.165) is 5.41 Å². The molecule has 0 spiro atoms. The van der Waals surface area contributed by atoms with E-state index in [-0.39, 0.29) is 12.4 Å². The number of hydrogen-bond acceptors (Lipinski definition) is 4. The average molecular weight is 341 g/mol. The van der Waals surface area contributed by atoms with Crippen LogP contribution in [0.4, 0.5) is 0 Å². The lowest BCUT2D eigenvalue weighted by molar-refractivity contribution is -0.759. The predicted molar refractivity (Wildman–Crippen MR) is 95.1 cm³/mol. The van der Waals surface area contributed by atoms with Gasteiger partial charge in [-0.05, 0) is 42.9 Å². The van der Waals surface area contributed by atoms with Crippen molar-refractivity contribution in [2.45, 2.75) is 87.0 Å². The van der Waals surface area contributed by atoms with Gasteiger partial charge in [-0.1, -0.05) is 54.9 Å². The summed E-state index contributed by atoms with van der Waals surface area (Å²) in [6, 6.07) is 0. The van der Waals surface area contributed by atoms with Gasteiger partial charge >= 0.3 is 0 Å². The molecule has 0 unspecified atom stereocenters. The highest BCUT2D eigenvalue weighted by Crippen LogP contribution is 2.55. The molecule has 0 aromatic heterocycles. The first kappa shape index (κ1) is 20.9. The molecule has 5 heteroatoms. The van der Waals surface area contributed by atoms with Crippen LogP contribution in [0.25, 0.3) is 0 Å². The van der Waals surface area contributed by atoms with E-state index in [1.165, 1.54) is 25.7 Å². The van der Waals surface area contributed by atoms with Gasteiger partial charge in [-0.3, -0.25) is 4.79 Å². The molecule has 2 aliphatic carbocycles. The maximum Gasteiger partial charge on any atom is 0.294 e. The maximum atomic E-state index is 11.9. The summed E-state index contributed by atoms with van der Waals surface area (Å²) in [5, 5.41) is 9.18. The van der Waals surface area contributed by atoms with Crippen LogP contribution in [0, 0.1) is 31.8 Å². The van der Waals surface area contributed by atoms with Gasteiger partial charge in [0.15, 0.2) is 0 Å². The molecule has 24 heavy (non-hydrogen) atoms. The zero-order valence-corrected chi connectivity index (χ0v) is 16.5. The minimum atomic E-state index is -0.837. The number of hydrogen-bond donors (Lipinski definition) is 0. The van der Waals surface area contributed by atoms with Crippen LogP contribution in [0.3, 0.4) is 0 Å². The molecule has 2 fully saturated rings. The summed E-state index contributed by atoms with van der Waals surface area (Å²) in [6.45, 7) is 14.8. The maximum absolute atomic E-state index is 11.9. The lowest BCUT2D eigenvalue weighted by atomic mass is 9.81. The fourth-order valence-corrected chi connectivity index (χ4v) is 3.52. The van der Waals surface area contributed by atoms with E-state index < -0.39 is 15.9 Å². The molecule has 0 heterocycles. The SMILES string of the molecule is CC(C)(C)C(=O)C1(CO[N+](=O)[O-])CC1.CCC1(CC(C)(C)C)CC1. The topological polar surface area (TPSA) is 69.4 Å². The van der Waals surface area contributed by atoms with Crippen molar-refractivity contribution in [1.82, 2.24) is 0 Å². The van der Waals surface area contributed by atoms with Crippen LogP contribution in [-0.2, 0) is 9.63 Å². The van der Waals surface area contributed by atoms with Gasteiger partial charge in [0, 0.05) is 5.41 Å². The van der Waals surface area contributed by atoms with Gasteiger partial charge < -0.3 is 4.84 Å². The van der Waals surface area contributed by atoms with Gasteiger partial charge in [0.2, 0.25) is 0 Å². The van der Waals surface area contributed by atoms with Crippen LogP contribution in [0.2, 0.25) is 0 Å². The molecule has 0 N–H and O–H groups in total. The van der Waals surface area contributed by atoms with Gasteiger partial charge in [-0.15, -0.1) is 10.1 Å². The standard InChI is InChI=1S/C10H20.C9H15NO4/c1-5-10(6-7-10)8-9(2,3)4;1-8(2,3)7(11)9(4-5-9)6-14-10(12)13/h5-8H2,1-4H3;4-6H2,1-3H3. The molecule has 0 aliphatic heterocycles. The van der Waals surface area contributed by atoms with Crippen molar-refractivity contribution in [3.63, 3.8) is 0 Å². The van der Waals surface area contributed by atoms with Gasteiger partial charge in [-0.2, -0.15) is 0 Å². The van der Waals surface area contributed by atoms with Crippen molar-refractivity contribution in [1.29, 1.82) is 0 Å². The number of ketones is 1. The third-order valence-corrected chi connectivity index (χ3v) is 5.08. The van der Waals surface area contributed by atoms with Crippen molar-refractivity contribution in [3.8, 4) is 0 Å². The van der Waals surface area contributed by atoms with E-state index in [9.17, 15) is 14.9 Å². The second-order valence-electron chi connectivity index (χ2n) is 9.95. The van der Waals surface area contributed by atoms with E-state index in [2.05, 4.69) is 32.5 Å². The van der Waals surface area contributed by atoms with Gasteiger partial charge in [0.05, 0.1) is 5.41 Å². The van der Waals surface area contributed by atoms with Crippen molar-refractivity contribution >= 4 is 5.78 Å². The number of Topliss-reactive ketones (excluding diaryl/α,β-unsaturated/α-hetero) is 1. The third kappa shape index (κ3) is 6.40. The number of rotatable bonds is 6. The van der Waals surface area contributed by atoms with Crippen molar-refractivity contribution < 1.29 is 14.7 Å². The van der Waals surface area contributed by atoms with E-state index >= 15 is 0 Å². The summed E-state index contributed by atoms with van der Waals surface area (Å²) in [5.41, 5.74) is 0.298. The van der Waals surface area contributed by atoms with Gasteiger partial charge in [0.25, 0.3) is 5.09 Å². The van der Waals surface area contributed by atoms with Crippen molar-refractivity contribution in [3.05, 3.63) is 10.1 Å². The summed E-state index contributed by atoms with van der Waals surface area (Å²) < 4.78 is 0. The molecule has 140 valence electrons. The molecule has 0 aromatic carbocycles. The van der Waals surface area contributed by atoms with E-state index in [0.29, 0.717) is 18.3 Å². The van der Waals surface area contributed by atoms with Crippen LogP contribution >= 0.6 is 0 Å². The summed E-state index contributed by atoms with van der Waals surface area (Å²) in [5.74, 6) is 0.0619. The Labute approximate surface area is 146 Å². The van der Waals surface area contributed by atoms with Crippen LogP contribution in [-0.4, -0.2) is 17.5 Å². The average Bonchev–Trinajstić information content (AvgIpc) is 3.30. The lowest BCUT2D eigenvalue weighted by Crippen LogP contribution is -2.33. The van der Waals surface area contributed by atoms with E-state index in [1.807, 2.05) is 20.8 Å². The highest BCUT2D eigenvalue weighted by Gasteiger charge is 2.53. The number of carbonyl (C=O) groups excluding carboxylic acids is 1. The van der Waals surface area contributed by atoms with E-state index in [4.69, 9.17) is 0 Å². The normalized spacial score (nSPS) is 20.5. The fourth-order valence-electron chi connectivity index (χ4n) is 3.52. The van der Waals surface area contributed by atoms with Crippen LogP contribution in [0.15, 0.2) is 0 Å². The Morgan fingerprint density at radius 3 is 1.79 bits per heavy atom. The Balaban J connectivity index is 0.000000254. The zero-order valence-electron chi connectivity index (χ0n) is 16.5. The first-order valence-corrected chi connectivity index (χ1v) is 9.08. The van der Waals surface area contributed by atoms with Gasteiger partial charge in [-0.25, -0.2) is 0 Å². The van der Waals surface area contributed by atoms with Gasteiger partial charge in [0.1, 0.15) is 12.4 Å². The molecule has 5 nitrogen and oxygen atoms in total. The Kier molecular flexibility index (Phi) is 6.11. The number of nitrogens with zero attached hydrogens (tertiary/aromatic N) is 1. The molecule has 2 aliphatic rings. The van der Waals surface area contributed by atoms with E-state index in [1.54, 1.807) is 0 Å².